The van der Waals surface area contributed by atoms with Crippen molar-refractivity contribution in [3.05, 3.63) is 30.0 Å². The van der Waals surface area contributed by atoms with E-state index in [0.29, 0.717) is 30.4 Å². The average Bonchev–Trinajstić information content (AvgIpc) is 2.95. The third-order valence-corrected chi connectivity index (χ3v) is 3.01. The Kier molecular flexibility index (Phi) is 3.28. The number of rotatable bonds is 3. The van der Waals surface area contributed by atoms with Gasteiger partial charge in [0, 0.05) is 18.7 Å². The third-order valence-electron chi connectivity index (χ3n) is 3.01. The lowest BCUT2D eigenvalue weighted by Crippen LogP contribution is -2.19. The van der Waals surface area contributed by atoms with Gasteiger partial charge in [-0.3, -0.25) is 4.79 Å². The van der Waals surface area contributed by atoms with E-state index in [1.54, 1.807) is 13.1 Å². The molecule has 1 aromatic carbocycles. The summed E-state index contributed by atoms with van der Waals surface area (Å²) in [6, 6.07) is 7.31. The molecule has 0 spiro atoms. The molecule has 2 heterocycles. The fourth-order valence-electron chi connectivity index (χ4n) is 1.98. The van der Waals surface area contributed by atoms with Crippen LogP contribution in [0.2, 0.25) is 0 Å². The molecule has 2 aromatic rings. The summed E-state index contributed by atoms with van der Waals surface area (Å²) < 4.78 is 16.2. The molecule has 0 radical (unpaired) electrons. The fourth-order valence-corrected chi connectivity index (χ4v) is 1.98. The Labute approximate surface area is 115 Å². The van der Waals surface area contributed by atoms with Gasteiger partial charge in [-0.15, -0.1) is 0 Å². The molecule has 1 amide bonds. The molecule has 6 heteroatoms. The molecule has 1 aliphatic heterocycles. The van der Waals surface area contributed by atoms with Crippen LogP contribution in [-0.4, -0.2) is 31.3 Å². The van der Waals surface area contributed by atoms with Crippen molar-refractivity contribution in [2.45, 2.75) is 6.42 Å². The molecule has 0 atom stereocenters. The zero-order chi connectivity index (χ0) is 13.9. The predicted octanol–water partition coefficient (Wildman–Crippen LogP) is 1.40. The molecular formula is C14H14N2O4. The highest BCUT2D eigenvalue weighted by Gasteiger charge is 2.15. The summed E-state index contributed by atoms with van der Waals surface area (Å²) in [5, 5.41) is 6.43. The molecule has 1 N–H and O–H groups in total. The zero-order valence-corrected chi connectivity index (χ0v) is 11.0. The van der Waals surface area contributed by atoms with E-state index in [4.69, 9.17) is 14.0 Å². The van der Waals surface area contributed by atoms with E-state index in [9.17, 15) is 4.79 Å². The lowest BCUT2D eigenvalue weighted by Gasteiger charge is -2.18. The van der Waals surface area contributed by atoms with E-state index in [-0.39, 0.29) is 12.3 Å². The van der Waals surface area contributed by atoms with Crippen molar-refractivity contribution in [1.82, 2.24) is 10.5 Å². The maximum atomic E-state index is 11.3. The number of aromatic nitrogens is 1. The Hall–Kier alpha value is -2.50. The zero-order valence-electron chi connectivity index (χ0n) is 11.0. The van der Waals surface area contributed by atoms with Crippen LogP contribution in [0, 0.1) is 0 Å². The topological polar surface area (TPSA) is 73.6 Å². The lowest BCUT2D eigenvalue weighted by atomic mass is 10.1. The minimum Gasteiger partial charge on any atom is -0.486 e. The molecule has 104 valence electrons. The first kappa shape index (κ1) is 12.5. The Morgan fingerprint density at radius 2 is 2.05 bits per heavy atom. The summed E-state index contributed by atoms with van der Waals surface area (Å²) in [7, 11) is 1.59. The van der Waals surface area contributed by atoms with Crippen LogP contribution >= 0.6 is 0 Å². The Bertz CT molecular complexity index is 636. The van der Waals surface area contributed by atoms with Crippen molar-refractivity contribution < 1.29 is 18.8 Å². The van der Waals surface area contributed by atoms with Crippen LogP contribution in [0.1, 0.15) is 5.69 Å². The van der Waals surface area contributed by atoms with Gasteiger partial charge in [-0.05, 0) is 18.2 Å². The summed E-state index contributed by atoms with van der Waals surface area (Å²) in [5.41, 5.74) is 1.43. The van der Waals surface area contributed by atoms with Crippen LogP contribution in [-0.2, 0) is 11.2 Å². The van der Waals surface area contributed by atoms with Gasteiger partial charge in [-0.2, -0.15) is 0 Å². The Morgan fingerprint density at radius 1 is 1.25 bits per heavy atom. The van der Waals surface area contributed by atoms with Crippen LogP contribution in [0.25, 0.3) is 11.3 Å². The maximum absolute atomic E-state index is 11.3. The van der Waals surface area contributed by atoms with E-state index < -0.39 is 0 Å². The van der Waals surface area contributed by atoms with E-state index >= 15 is 0 Å². The van der Waals surface area contributed by atoms with E-state index in [0.717, 1.165) is 11.3 Å². The molecule has 1 aliphatic rings. The maximum Gasteiger partial charge on any atom is 0.225 e. The van der Waals surface area contributed by atoms with Gasteiger partial charge in [-0.1, -0.05) is 5.16 Å². The molecule has 0 bridgehead atoms. The normalized spacial score (nSPS) is 13.1. The van der Waals surface area contributed by atoms with Gasteiger partial charge in [0.1, 0.15) is 13.2 Å². The fraction of sp³-hybridized carbons (Fsp3) is 0.286. The van der Waals surface area contributed by atoms with Crippen LogP contribution in [0.3, 0.4) is 0 Å². The van der Waals surface area contributed by atoms with Gasteiger partial charge in [0.05, 0.1) is 12.1 Å². The standard InChI is InChI=1S/C14H14N2O4/c1-15-14(17)8-10-7-12(20-16-10)9-2-3-11-13(6-9)19-5-4-18-11/h2-3,6-7H,4-5,8H2,1H3,(H,15,17). The summed E-state index contributed by atoms with van der Waals surface area (Å²) in [5.74, 6) is 1.91. The second kappa shape index (κ2) is 5.24. The van der Waals surface area contributed by atoms with Crippen LogP contribution in [0.4, 0.5) is 0 Å². The first-order valence-corrected chi connectivity index (χ1v) is 6.32. The number of fused-ring (bicyclic) bond motifs is 1. The van der Waals surface area contributed by atoms with Crippen molar-refractivity contribution in [3.8, 4) is 22.8 Å². The van der Waals surface area contributed by atoms with Gasteiger partial charge in [0.2, 0.25) is 5.91 Å². The van der Waals surface area contributed by atoms with Gasteiger partial charge in [-0.25, -0.2) is 0 Å². The molecule has 0 aliphatic carbocycles. The van der Waals surface area contributed by atoms with Crippen LogP contribution < -0.4 is 14.8 Å². The number of hydrogen-bond acceptors (Lipinski definition) is 5. The molecular weight excluding hydrogens is 260 g/mol. The van der Waals surface area contributed by atoms with Crippen molar-refractivity contribution in [2.75, 3.05) is 20.3 Å². The van der Waals surface area contributed by atoms with E-state index in [1.165, 1.54) is 0 Å². The second-order valence-corrected chi connectivity index (χ2v) is 4.39. The van der Waals surface area contributed by atoms with E-state index in [1.807, 2.05) is 18.2 Å². The largest absolute Gasteiger partial charge is 0.486 e. The number of carbonyl (C=O) groups excluding carboxylic acids is 1. The number of nitrogens with one attached hydrogen (secondary N) is 1. The molecule has 6 nitrogen and oxygen atoms in total. The third kappa shape index (κ3) is 2.45. The summed E-state index contributed by atoms with van der Waals surface area (Å²) >= 11 is 0. The van der Waals surface area contributed by atoms with Crippen molar-refractivity contribution >= 4 is 5.91 Å². The number of likely N-dealkylation sites (N-methyl/N-ethyl adjacent to an activating group) is 1. The van der Waals surface area contributed by atoms with Crippen molar-refractivity contribution in [3.63, 3.8) is 0 Å². The summed E-state index contributed by atoms with van der Waals surface area (Å²) in [4.78, 5) is 11.3. The molecule has 3 rings (SSSR count). The SMILES string of the molecule is CNC(=O)Cc1cc(-c2ccc3c(c2)OCCO3)on1. The number of amides is 1. The number of benzene rings is 1. The first-order chi connectivity index (χ1) is 9.76. The molecule has 20 heavy (non-hydrogen) atoms. The summed E-state index contributed by atoms with van der Waals surface area (Å²) in [6.45, 7) is 1.10. The Balaban J connectivity index is 1.84. The highest BCUT2D eigenvalue weighted by atomic mass is 16.6. The molecule has 1 aromatic heterocycles. The highest BCUT2D eigenvalue weighted by molar-refractivity contribution is 5.78. The minimum atomic E-state index is -0.105. The number of nitrogens with zero attached hydrogens (tertiary/aromatic N) is 1. The molecule has 0 fully saturated rings. The van der Waals surface area contributed by atoms with Crippen molar-refractivity contribution in [2.24, 2.45) is 0 Å². The highest BCUT2D eigenvalue weighted by Crippen LogP contribution is 2.34. The second-order valence-electron chi connectivity index (χ2n) is 4.39. The molecule has 0 saturated carbocycles. The summed E-state index contributed by atoms with van der Waals surface area (Å²) in [6.07, 6.45) is 0.199. The van der Waals surface area contributed by atoms with Crippen LogP contribution in [0.15, 0.2) is 28.8 Å². The quantitative estimate of drug-likeness (QED) is 0.915. The monoisotopic (exact) mass is 274 g/mol. The lowest BCUT2D eigenvalue weighted by molar-refractivity contribution is -0.120. The smallest absolute Gasteiger partial charge is 0.225 e. The Morgan fingerprint density at radius 3 is 2.85 bits per heavy atom. The van der Waals surface area contributed by atoms with Gasteiger partial charge >= 0.3 is 0 Å². The molecule has 0 unspecified atom stereocenters. The molecule has 0 saturated heterocycles. The number of ether oxygens (including phenoxy) is 2. The van der Waals surface area contributed by atoms with Crippen molar-refractivity contribution in [1.29, 1.82) is 0 Å². The number of hydrogen-bond donors (Lipinski definition) is 1. The average molecular weight is 274 g/mol. The predicted molar refractivity (Wildman–Crippen MR) is 70.7 cm³/mol. The van der Waals surface area contributed by atoms with E-state index in [2.05, 4.69) is 10.5 Å². The van der Waals surface area contributed by atoms with Gasteiger partial charge in [0.25, 0.3) is 0 Å². The number of carbonyl (C=O) groups is 1. The van der Waals surface area contributed by atoms with Crippen LogP contribution in [0.5, 0.6) is 11.5 Å². The van der Waals surface area contributed by atoms with Gasteiger partial charge < -0.3 is 19.3 Å². The minimum absolute atomic E-state index is 0.105. The first-order valence-electron chi connectivity index (χ1n) is 6.32. The van der Waals surface area contributed by atoms with Gasteiger partial charge in [0.15, 0.2) is 17.3 Å².